The molecule has 0 atom stereocenters. The molecule has 1 rings (SSSR count). The molecule has 13 heavy (non-hydrogen) atoms. The van der Waals surface area contributed by atoms with E-state index in [4.69, 9.17) is 0 Å². The number of rotatable bonds is 0. The third-order valence-electron chi connectivity index (χ3n) is 1.22. The SMILES string of the molecule is C=C.CC.CC.CC1=CC=CCC1. The molecule has 1 aliphatic carbocycles. The van der Waals surface area contributed by atoms with E-state index in [-0.39, 0.29) is 0 Å². The second-order valence-corrected chi connectivity index (χ2v) is 1.98. The van der Waals surface area contributed by atoms with Gasteiger partial charge in [0.25, 0.3) is 0 Å². The second kappa shape index (κ2) is 22.5. The van der Waals surface area contributed by atoms with Gasteiger partial charge >= 0.3 is 0 Å². The first-order valence-corrected chi connectivity index (χ1v) is 5.22. The van der Waals surface area contributed by atoms with Crippen LogP contribution in [0.5, 0.6) is 0 Å². The van der Waals surface area contributed by atoms with Crippen molar-refractivity contribution >= 4 is 0 Å². The minimum absolute atomic E-state index is 1.24. The van der Waals surface area contributed by atoms with Crippen LogP contribution in [0.25, 0.3) is 0 Å². The smallest absolute Gasteiger partial charge is 0.0285 e. The zero-order valence-corrected chi connectivity index (χ0v) is 10.1. The van der Waals surface area contributed by atoms with Gasteiger partial charge in [-0.2, -0.15) is 0 Å². The molecule has 0 aliphatic heterocycles. The molecule has 0 heteroatoms. The van der Waals surface area contributed by atoms with Gasteiger partial charge in [-0.15, -0.1) is 13.2 Å². The van der Waals surface area contributed by atoms with Gasteiger partial charge in [0, 0.05) is 0 Å². The van der Waals surface area contributed by atoms with Crippen molar-refractivity contribution in [3.8, 4) is 0 Å². The summed E-state index contributed by atoms with van der Waals surface area (Å²) in [5, 5.41) is 0. The predicted molar refractivity (Wildman–Crippen MR) is 66.1 cm³/mol. The molecule has 1 aliphatic rings. The second-order valence-electron chi connectivity index (χ2n) is 1.98. The van der Waals surface area contributed by atoms with E-state index in [1.165, 1.54) is 18.4 Å². The van der Waals surface area contributed by atoms with Gasteiger partial charge in [-0.3, -0.25) is 0 Å². The van der Waals surface area contributed by atoms with Crippen molar-refractivity contribution in [1.29, 1.82) is 0 Å². The highest BCUT2D eigenvalue weighted by molar-refractivity contribution is 5.15. The summed E-state index contributed by atoms with van der Waals surface area (Å²) in [6.45, 7) is 16.2. The number of hydrogen-bond donors (Lipinski definition) is 0. The lowest BCUT2D eigenvalue weighted by Crippen LogP contribution is -1.78. The first kappa shape index (κ1) is 18.1. The minimum Gasteiger partial charge on any atom is -0.106 e. The molecular formula is C13H26. The Hall–Kier alpha value is -0.780. The lowest BCUT2D eigenvalue weighted by atomic mass is 10.1. The molecule has 0 saturated heterocycles. The highest BCUT2D eigenvalue weighted by atomic mass is 13.9. The van der Waals surface area contributed by atoms with Crippen molar-refractivity contribution in [2.24, 2.45) is 0 Å². The molecule has 0 aromatic carbocycles. The predicted octanol–water partition coefficient (Wildman–Crippen LogP) is 5.14. The van der Waals surface area contributed by atoms with Gasteiger partial charge in [-0.05, 0) is 19.8 Å². The minimum atomic E-state index is 1.24. The Labute approximate surface area is 85.1 Å². The van der Waals surface area contributed by atoms with Crippen molar-refractivity contribution in [3.63, 3.8) is 0 Å². The Morgan fingerprint density at radius 2 is 1.54 bits per heavy atom. The van der Waals surface area contributed by atoms with E-state index in [9.17, 15) is 0 Å². The molecule has 0 radical (unpaired) electrons. The van der Waals surface area contributed by atoms with Crippen LogP contribution in [0.4, 0.5) is 0 Å². The molecule has 0 aromatic rings. The van der Waals surface area contributed by atoms with E-state index >= 15 is 0 Å². The van der Waals surface area contributed by atoms with Gasteiger partial charge in [0.1, 0.15) is 0 Å². The van der Waals surface area contributed by atoms with E-state index in [2.05, 4.69) is 38.3 Å². The average Bonchev–Trinajstić information content (AvgIpc) is 2.28. The molecule has 78 valence electrons. The van der Waals surface area contributed by atoms with E-state index in [1.54, 1.807) is 0 Å². The maximum atomic E-state index is 3.00. The molecule has 0 heterocycles. The Kier molecular flexibility index (Phi) is 31.3. The van der Waals surface area contributed by atoms with Crippen LogP contribution >= 0.6 is 0 Å². The zero-order chi connectivity index (χ0) is 11.1. The topological polar surface area (TPSA) is 0 Å². The van der Waals surface area contributed by atoms with Crippen molar-refractivity contribution in [3.05, 3.63) is 37.0 Å². The van der Waals surface area contributed by atoms with Gasteiger partial charge < -0.3 is 0 Å². The maximum Gasteiger partial charge on any atom is -0.0285 e. The largest absolute Gasteiger partial charge is 0.106 e. The molecule has 0 amide bonds. The van der Waals surface area contributed by atoms with Gasteiger partial charge in [0.2, 0.25) is 0 Å². The normalized spacial score (nSPS) is 11.6. The van der Waals surface area contributed by atoms with Crippen LogP contribution < -0.4 is 0 Å². The Balaban J connectivity index is -0.000000144. The van der Waals surface area contributed by atoms with Crippen LogP contribution in [-0.4, -0.2) is 0 Å². The summed E-state index contributed by atoms with van der Waals surface area (Å²) in [4.78, 5) is 0. The van der Waals surface area contributed by atoms with E-state index < -0.39 is 0 Å². The van der Waals surface area contributed by atoms with Crippen LogP contribution in [0.2, 0.25) is 0 Å². The Morgan fingerprint density at radius 3 is 1.69 bits per heavy atom. The summed E-state index contributed by atoms with van der Waals surface area (Å²) in [7, 11) is 0. The fourth-order valence-corrected chi connectivity index (χ4v) is 0.723. The molecule has 0 saturated carbocycles. The maximum absolute atomic E-state index is 3.00. The van der Waals surface area contributed by atoms with Crippen molar-refractivity contribution in [2.45, 2.75) is 47.5 Å². The summed E-state index contributed by atoms with van der Waals surface area (Å²) < 4.78 is 0. The lowest BCUT2D eigenvalue weighted by Gasteiger charge is -1.98. The molecule has 0 bridgehead atoms. The summed E-state index contributed by atoms with van der Waals surface area (Å²) in [5.74, 6) is 0. The van der Waals surface area contributed by atoms with Gasteiger partial charge in [0.05, 0.1) is 0 Å². The first-order valence-electron chi connectivity index (χ1n) is 5.22. The van der Waals surface area contributed by atoms with Gasteiger partial charge in [-0.1, -0.05) is 51.5 Å². The fourth-order valence-electron chi connectivity index (χ4n) is 0.723. The van der Waals surface area contributed by atoms with Crippen LogP contribution in [0.3, 0.4) is 0 Å². The van der Waals surface area contributed by atoms with Gasteiger partial charge in [0.15, 0.2) is 0 Å². The van der Waals surface area contributed by atoms with Crippen molar-refractivity contribution < 1.29 is 0 Å². The lowest BCUT2D eigenvalue weighted by molar-refractivity contribution is 0.962. The van der Waals surface area contributed by atoms with Crippen molar-refractivity contribution in [2.75, 3.05) is 0 Å². The molecule has 0 spiro atoms. The fraction of sp³-hybridized carbons (Fsp3) is 0.538. The van der Waals surface area contributed by atoms with Crippen LogP contribution in [0.1, 0.15) is 47.5 Å². The number of hydrogen-bond acceptors (Lipinski definition) is 0. The van der Waals surface area contributed by atoms with E-state index in [1.807, 2.05) is 27.7 Å². The third-order valence-corrected chi connectivity index (χ3v) is 1.22. The highest BCUT2D eigenvalue weighted by Crippen LogP contribution is 2.08. The highest BCUT2D eigenvalue weighted by Gasteiger charge is 1.88. The molecular weight excluding hydrogens is 156 g/mol. The summed E-state index contributed by atoms with van der Waals surface area (Å²) in [5.41, 5.74) is 1.50. The van der Waals surface area contributed by atoms with Gasteiger partial charge in [-0.25, -0.2) is 0 Å². The molecule has 0 N–H and O–H groups in total. The number of allylic oxidation sites excluding steroid dienone is 4. The summed E-state index contributed by atoms with van der Waals surface area (Å²) in [6, 6.07) is 0. The van der Waals surface area contributed by atoms with E-state index in [0.717, 1.165) is 0 Å². The molecule has 0 unspecified atom stereocenters. The third kappa shape index (κ3) is 18.3. The van der Waals surface area contributed by atoms with Crippen LogP contribution in [0, 0.1) is 0 Å². The summed E-state index contributed by atoms with van der Waals surface area (Å²) >= 11 is 0. The standard InChI is InChI=1S/C7H10.2C2H6.C2H4/c1-7-5-3-2-4-6-7;3*1-2/h2-3,5H,4,6H2,1H3;2*1-2H3;1-2H2. The first-order chi connectivity index (χ1) is 6.39. The zero-order valence-electron chi connectivity index (χ0n) is 10.1. The molecule has 0 aromatic heterocycles. The molecule has 0 fully saturated rings. The Bertz CT molecular complexity index is 118. The summed E-state index contributed by atoms with van der Waals surface area (Å²) in [6.07, 6.45) is 8.99. The van der Waals surface area contributed by atoms with Crippen LogP contribution in [0.15, 0.2) is 37.0 Å². The monoisotopic (exact) mass is 182 g/mol. The average molecular weight is 182 g/mol. The van der Waals surface area contributed by atoms with Crippen LogP contribution in [-0.2, 0) is 0 Å². The van der Waals surface area contributed by atoms with E-state index in [0.29, 0.717) is 0 Å². The Morgan fingerprint density at radius 1 is 1.08 bits per heavy atom. The molecule has 0 nitrogen and oxygen atoms in total. The quantitative estimate of drug-likeness (QED) is 0.455. The van der Waals surface area contributed by atoms with Crippen molar-refractivity contribution in [1.82, 2.24) is 0 Å².